The van der Waals surface area contributed by atoms with Gasteiger partial charge in [0.15, 0.2) is 9.84 Å². The van der Waals surface area contributed by atoms with Crippen LogP contribution in [0.15, 0.2) is 53.4 Å². The number of carbonyl (C=O) groups excluding carboxylic acids is 2. The number of nitrogens with one attached hydrogen (secondary N) is 1. The SMILES string of the molecule is CCS(=O)(=O)c1ccc(CC(=O)Nc2ccc(C=O)cc2)cc1. The Labute approximate surface area is 135 Å². The molecule has 0 aliphatic heterocycles. The van der Waals surface area contributed by atoms with Crippen LogP contribution in [-0.2, 0) is 21.1 Å². The maximum Gasteiger partial charge on any atom is 0.228 e. The van der Waals surface area contributed by atoms with Crippen LogP contribution in [0.2, 0.25) is 0 Å². The lowest BCUT2D eigenvalue weighted by Crippen LogP contribution is -2.14. The minimum atomic E-state index is -3.23. The highest BCUT2D eigenvalue weighted by molar-refractivity contribution is 7.91. The van der Waals surface area contributed by atoms with Crippen molar-refractivity contribution in [3.63, 3.8) is 0 Å². The second kappa shape index (κ2) is 7.19. The molecule has 2 aromatic rings. The van der Waals surface area contributed by atoms with Crippen LogP contribution < -0.4 is 5.32 Å². The second-order valence-electron chi connectivity index (χ2n) is 5.01. The van der Waals surface area contributed by atoms with Crippen LogP contribution in [0.25, 0.3) is 0 Å². The zero-order valence-corrected chi connectivity index (χ0v) is 13.5. The summed E-state index contributed by atoms with van der Waals surface area (Å²) in [5.74, 6) is -0.168. The molecule has 0 atom stereocenters. The molecule has 1 amide bonds. The molecule has 0 saturated heterocycles. The first-order valence-corrected chi connectivity index (χ1v) is 8.76. The van der Waals surface area contributed by atoms with E-state index in [1.807, 2.05) is 0 Å². The van der Waals surface area contributed by atoms with Gasteiger partial charge in [0.05, 0.1) is 17.1 Å². The Balaban J connectivity index is 2.01. The van der Waals surface area contributed by atoms with Crippen molar-refractivity contribution in [1.82, 2.24) is 0 Å². The Morgan fingerprint density at radius 3 is 2.17 bits per heavy atom. The summed E-state index contributed by atoms with van der Waals surface area (Å²) in [4.78, 5) is 22.8. The van der Waals surface area contributed by atoms with E-state index in [0.717, 1.165) is 11.8 Å². The Kier molecular flexibility index (Phi) is 5.28. The first kappa shape index (κ1) is 16.9. The number of sulfone groups is 1. The fraction of sp³-hybridized carbons (Fsp3) is 0.176. The number of rotatable bonds is 6. The zero-order chi connectivity index (χ0) is 16.9. The fourth-order valence-corrected chi connectivity index (χ4v) is 2.90. The molecule has 1 N–H and O–H groups in total. The molecule has 0 aromatic heterocycles. The topological polar surface area (TPSA) is 80.3 Å². The molecule has 6 heteroatoms. The lowest BCUT2D eigenvalue weighted by Gasteiger charge is -2.06. The Morgan fingerprint density at radius 2 is 1.65 bits per heavy atom. The van der Waals surface area contributed by atoms with Gasteiger partial charge in [-0.3, -0.25) is 9.59 Å². The van der Waals surface area contributed by atoms with E-state index in [0.29, 0.717) is 11.3 Å². The van der Waals surface area contributed by atoms with Gasteiger partial charge < -0.3 is 5.32 Å². The van der Waals surface area contributed by atoms with Gasteiger partial charge in [-0.25, -0.2) is 8.42 Å². The number of benzene rings is 2. The maximum absolute atomic E-state index is 12.0. The van der Waals surface area contributed by atoms with Crippen molar-refractivity contribution in [3.8, 4) is 0 Å². The van der Waals surface area contributed by atoms with Crippen LogP contribution in [0.3, 0.4) is 0 Å². The van der Waals surface area contributed by atoms with Crippen LogP contribution in [-0.4, -0.2) is 26.4 Å². The highest BCUT2D eigenvalue weighted by Crippen LogP contribution is 2.14. The van der Waals surface area contributed by atoms with Crippen molar-refractivity contribution in [1.29, 1.82) is 0 Å². The quantitative estimate of drug-likeness (QED) is 0.825. The van der Waals surface area contributed by atoms with Crippen LogP contribution in [0.1, 0.15) is 22.8 Å². The second-order valence-corrected chi connectivity index (χ2v) is 7.29. The molecule has 120 valence electrons. The highest BCUT2D eigenvalue weighted by Gasteiger charge is 2.11. The summed E-state index contributed by atoms with van der Waals surface area (Å²) in [6.07, 6.45) is 0.874. The summed E-state index contributed by atoms with van der Waals surface area (Å²) in [7, 11) is -3.23. The summed E-state index contributed by atoms with van der Waals surface area (Å²) in [6.45, 7) is 1.59. The van der Waals surface area contributed by atoms with Gasteiger partial charge in [0.2, 0.25) is 5.91 Å². The van der Waals surface area contributed by atoms with Crippen molar-refractivity contribution in [3.05, 3.63) is 59.7 Å². The molecule has 0 spiro atoms. The first-order valence-electron chi connectivity index (χ1n) is 7.11. The van der Waals surface area contributed by atoms with Crippen molar-refractivity contribution in [2.24, 2.45) is 0 Å². The molecule has 0 saturated carbocycles. The van der Waals surface area contributed by atoms with E-state index in [-0.39, 0.29) is 23.0 Å². The van der Waals surface area contributed by atoms with E-state index in [1.54, 1.807) is 43.3 Å². The zero-order valence-electron chi connectivity index (χ0n) is 12.7. The van der Waals surface area contributed by atoms with Crippen molar-refractivity contribution in [2.45, 2.75) is 18.2 Å². The molecule has 0 fully saturated rings. The number of anilines is 1. The van der Waals surface area contributed by atoms with Crippen LogP contribution in [0.4, 0.5) is 5.69 Å². The summed E-state index contributed by atoms with van der Waals surface area (Å²) in [5.41, 5.74) is 1.86. The highest BCUT2D eigenvalue weighted by atomic mass is 32.2. The molecule has 0 bridgehead atoms. The lowest BCUT2D eigenvalue weighted by atomic mass is 10.1. The molecular formula is C17H17NO4S. The van der Waals surface area contributed by atoms with E-state index >= 15 is 0 Å². The van der Waals surface area contributed by atoms with Crippen molar-refractivity contribution >= 4 is 27.7 Å². The van der Waals surface area contributed by atoms with Gasteiger partial charge in [-0.1, -0.05) is 19.1 Å². The number of amides is 1. The standard InChI is InChI=1S/C17H17NO4S/c1-2-23(21,22)16-9-5-13(6-10-16)11-17(20)18-15-7-3-14(12-19)4-8-15/h3-10,12H,2,11H2,1H3,(H,18,20). The van der Waals surface area contributed by atoms with Gasteiger partial charge in [-0.2, -0.15) is 0 Å². The summed E-state index contributed by atoms with van der Waals surface area (Å²) in [5, 5.41) is 2.72. The fourth-order valence-electron chi connectivity index (χ4n) is 2.02. The number of hydrogen-bond donors (Lipinski definition) is 1. The molecule has 2 rings (SSSR count). The van der Waals surface area contributed by atoms with Crippen LogP contribution in [0.5, 0.6) is 0 Å². The van der Waals surface area contributed by atoms with Crippen molar-refractivity contribution in [2.75, 3.05) is 11.1 Å². The minimum Gasteiger partial charge on any atom is -0.326 e. The Hall–Kier alpha value is -2.47. The maximum atomic E-state index is 12.0. The van der Waals surface area contributed by atoms with E-state index in [1.165, 1.54) is 12.1 Å². The molecule has 0 aliphatic rings. The van der Waals surface area contributed by atoms with E-state index in [4.69, 9.17) is 0 Å². The van der Waals surface area contributed by atoms with E-state index in [2.05, 4.69) is 5.32 Å². The van der Waals surface area contributed by atoms with Gasteiger partial charge >= 0.3 is 0 Å². The van der Waals surface area contributed by atoms with Gasteiger partial charge in [-0.05, 0) is 42.0 Å². The first-order chi connectivity index (χ1) is 10.9. The van der Waals surface area contributed by atoms with Crippen LogP contribution in [0, 0.1) is 0 Å². The molecule has 0 radical (unpaired) electrons. The molecule has 23 heavy (non-hydrogen) atoms. The Bertz CT molecular complexity index is 793. The van der Waals surface area contributed by atoms with Gasteiger partial charge in [-0.15, -0.1) is 0 Å². The monoisotopic (exact) mass is 331 g/mol. The molecule has 0 unspecified atom stereocenters. The van der Waals surface area contributed by atoms with Crippen molar-refractivity contribution < 1.29 is 18.0 Å². The molecule has 0 aliphatic carbocycles. The lowest BCUT2D eigenvalue weighted by molar-refractivity contribution is -0.115. The van der Waals surface area contributed by atoms with Gasteiger partial charge in [0, 0.05) is 11.3 Å². The third kappa shape index (κ3) is 4.50. The van der Waals surface area contributed by atoms with Gasteiger partial charge in [0.25, 0.3) is 0 Å². The number of hydrogen-bond acceptors (Lipinski definition) is 4. The third-order valence-corrected chi connectivity index (χ3v) is 5.11. The summed E-state index contributed by atoms with van der Waals surface area (Å²) >= 11 is 0. The summed E-state index contributed by atoms with van der Waals surface area (Å²) in [6, 6.07) is 12.8. The molecular weight excluding hydrogens is 314 g/mol. The van der Waals surface area contributed by atoms with E-state index in [9.17, 15) is 18.0 Å². The molecule has 2 aromatic carbocycles. The van der Waals surface area contributed by atoms with Crippen LogP contribution >= 0.6 is 0 Å². The number of carbonyl (C=O) groups is 2. The molecule has 5 nitrogen and oxygen atoms in total. The van der Waals surface area contributed by atoms with Gasteiger partial charge in [0.1, 0.15) is 6.29 Å². The summed E-state index contributed by atoms with van der Waals surface area (Å²) < 4.78 is 23.4. The van der Waals surface area contributed by atoms with E-state index < -0.39 is 9.84 Å². The predicted octanol–water partition coefficient (Wildman–Crippen LogP) is 2.47. The Morgan fingerprint density at radius 1 is 1.04 bits per heavy atom. The minimum absolute atomic E-state index is 0.0453. The smallest absolute Gasteiger partial charge is 0.228 e. The largest absolute Gasteiger partial charge is 0.326 e. The average Bonchev–Trinajstić information content (AvgIpc) is 2.56. The number of aldehydes is 1. The predicted molar refractivity (Wildman–Crippen MR) is 88.3 cm³/mol. The normalized spacial score (nSPS) is 11.0. The average molecular weight is 331 g/mol. The third-order valence-electron chi connectivity index (χ3n) is 3.36. The molecule has 0 heterocycles.